The lowest BCUT2D eigenvalue weighted by atomic mass is 10.1. The number of halogens is 1. The van der Waals surface area contributed by atoms with Crippen LogP contribution in [0.1, 0.15) is 31.4 Å². The van der Waals surface area contributed by atoms with Gasteiger partial charge in [-0.1, -0.05) is 6.07 Å². The van der Waals surface area contributed by atoms with E-state index in [0.717, 1.165) is 35.1 Å². The van der Waals surface area contributed by atoms with Crippen molar-refractivity contribution in [3.63, 3.8) is 0 Å². The molecule has 0 bridgehead atoms. The molecule has 1 aromatic rings. The van der Waals surface area contributed by atoms with Gasteiger partial charge < -0.3 is 15.3 Å². The summed E-state index contributed by atoms with van der Waals surface area (Å²) in [5, 5.41) is 12.3. The van der Waals surface area contributed by atoms with Crippen molar-refractivity contribution >= 4 is 27.5 Å². The minimum atomic E-state index is -0.487. The summed E-state index contributed by atoms with van der Waals surface area (Å²) in [7, 11) is 1.67. The normalized spacial score (nSPS) is 20.4. The molecule has 1 aliphatic heterocycles. The van der Waals surface area contributed by atoms with Gasteiger partial charge in [0.05, 0.1) is 11.8 Å². The van der Waals surface area contributed by atoms with E-state index in [-0.39, 0.29) is 11.9 Å². The van der Waals surface area contributed by atoms with Crippen molar-refractivity contribution in [3.8, 4) is 0 Å². The number of aliphatic hydroxyl groups is 1. The zero-order chi connectivity index (χ0) is 14.0. The molecule has 0 spiro atoms. The Bertz CT molecular complexity index is 477. The number of nitrogens with one attached hydrogen (secondary N) is 1. The lowest BCUT2D eigenvalue weighted by Gasteiger charge is -2.27. The summed E-state index contributed by atoms with van der Waals surface area (Å²) < 4.78 is 0.918. The number of hydrogen-bond acceptors (Lipinski definition) is 3. The highest BCUT2D eigenvalue weighted by Crippen LogP contribution is 2.34. The van der Waals surface area contributed by atoms with E-state index >= 15 is 0 Å². The smallest absolute Gasteiger partial charge is 0.242 e. The van der Waals surface area contributed by atoms with Crippen molar-refractivity contribution in [2.75, 3.05) is 18.5 Å². The quantitative estimate of drug-likeness (QED) is 0.895. The van der Waals surface area contributed by atoms with Gasteiger partial charge >= 0.3 is 0 Å². The fourth-order valence-electron chi connectivity index (χ4n) is 2.51. The second kappa shape index (κ2) is 5.92. The average molecular weight is 327 g/mol. The Kier molecular flexibility index (Phi) is 4.47. The first-order valence-electron chi connectivity index (χ1n) is 6.50. The van der Waals surface area contributed by atoms with Crippen LogP contribution in [0, 0.1) is 0 Å². The maximum absolute atomic E-state index is 11.9. The highest BCUT2D eigenvalue weighted by atomic mass is 79.9. The molecule has 2 atom stereocenters. The molecule has 1 aromatic carbocycles. The van der Waals surface area contributed by atoms with E-state index in [1.54, 1.807) is 14.0 Å². The van der Waals surface area contributed by atoms with Crippen molar-refractivity contribution in [1.29, 1.82) is 0 Å². The van der Waals surface area contributed by atoms with Crippen molar-refractivity contribution in [2.24, 2.45) is 0 Å². The summed E-state index contributed by atoms with van der Waals surface area (Å²) >= 11 is 3.54. The van der Waals surface area contributed by atoms with Gasteiger partial charge in [-0.05, 0) is 53.4 Å². The monoisotopic (exact) mass is 326 g/mol. The third kappa shape index (κ3) is 2.92. The Hall–Kier alpha value is -1.07. The van der Waals surface area contributed by atoms with E-state index in [4.69, 9.17) is 0 Å². The molecule has 1 fully saturated rings. The lowest BCUT2D eigenvalue weighted by molar-refractivity contribution is -0.121. The highest BCUT2D eigenvalue weighted by Gasteiger charge is 2.31. The van der Waals surface area contributed by atoms with Gasteiger partial charge in [-0.25, -0.2) is 0 Å². The molecule has 19 heavy (non-hydrogen) atoms. The van der Waals surface area contributed by atoms with Crippen molar-refractivity contribution < 1.29 is 9.90 Å². The number of carbonyl (C=O) groups is 1. The molecule has 1 amide bonds. The molecule has 2 N–H and O–H groups in total. The van der Waals surface area contributed by atoms with Gasteiger partial charge in [0.25, 0.3) is 0 Å². The molecule has 0 aliphatic carbocycles. The Morgan fingerprint density at radius 2 is 2.32 bits per heavy atom. The second-order valence-corrected chi connectivity index (χ2v) is 5.71. The molecule has 2 unspecified atom stereocenters. The zero-order valence-corrected chi connectivity index (χ0v) is 12.8. The molecule has 1 aliphatic rings. The van der Waals surface area contributed by atoms with Crippen LogP contribution < -0.4 is 10.2 Å². The van der Waals surface area contributed by atoms with Crippen molar-refractivity contribution in [3.05, 3.63) is 28.2 Å². The van der Waals surface area contributed by atoms with E-state index in [9.17, 15) is 9.90 Å². The molecule has 2 rings (SSSR count). The van der Waals surface area contributed by atoms with Gasteiger partial charge in [0.2, 0.25) is 5.91 Å². The van der Waals surface area contributed by atoms with Crippen LogP contribution in [0.3, 0.4) is 0 Å². The molecular weight excluding hydrogens is 308 g/mol. The Labute approximate surface area is 121 Å². The number of hydrogen-bond donors (Lipinski definition) is 2. The molecular formula is C14H19BrN2O2. The van der Waals surface area contributed by atoms with Gasteiger partial charge in [0.15, 0.2) is 0 Å². The Morgan fingerprint density at radius 1 is 1.58 bits per heavy atom. The molecule has 4 nitrogen and oxygen atoms in total. The molecule has 1 saturated heterocycles. The van der Waals surface area contributed by atoms with E-state index in [0.29, 0.717) is 0 Å². The van der Waals surface area contributed by atoms with Gasteiger partial charge in [-0.3, -0.25) is 4.79 Å². The van der Waals surface area contributed by atoms with Crippen LogP contribution in [0.5, 0.6) is 0 Å². The zero-order valence-electron chi connectivity index (χ0n) is 11.2. The fraction of sp³-hybridized carbons (Fsp3) is 0.500. The molecule has 0 saturated carbocycles. The number of carbonyl (C=O) groups excluding carboxylic acids is 1. The van der Waals surface area contributed by atoms with Gasteiger partial charge in [-0.2, -0.15) is 0 Å². The Morgan fingerprint density at radius 3 is 2.89 bits per heavy atom. The third-order valence-corrected chi connectivity index (χ3v) is 4.20. The lowest BCUT2D eigenvalue weighted by Crippen LogP contribution is -2.42. The summed E-state index contributed by atoms with van der Waals surface area (Å²) in [6, 6.07) is 5.69. The summed E-state index contributed by atoms with van der Waals surface area (Å²) in [6.07, 6.45) is 1.41. The predicted molar refractivity (Wildman–Crippen MR) is 79.2 cm³/mol. The molecule has 1 heterocycles. The number of likely N-dealkylation sites (N-methyl/N-ethyl adjacent to an activating group) is 1. The van der Waals surface area contributed by atoms with Crippen molar-refractivity contribution in [1.82, 2.24) is 5.32 Å². The summed E-state index contributed by atoms with van der Waals surface area (Å²) in [4.78, 5) is 14.0. The number of aliphatic hydroxyl groups excluding tert-OH is 1. The third-order valence-electron chi connectivity index (χ3n) is 3.57. The number of benzene rings is 1. The first-order chi connectivity index (χ1) is 9.04. The minimum Gasteiger partial charge on any atom is -0.389 e. The average Bonchev–Trinajstić information content (AvgIpc) is 2.86. The molecule has 0 radical (unpaired) electrons. The van der Waals surface area contributed by atoms with Crippen LogP contribution >= 0.6 is 15.9 Å². The van der Waals surface area contributed by atoms with Crippen LogP contribution in [0.2, 0.25) is 0 Å². The van der Waals surface area contributed by atoms with Gasteiger partial charge in [-0.15, -0.1) is 0 Å². The van der Waals surface area contributed by atoms with Crippen LogP contribution in [0.25, 0.3) is 0 Å². The van der Waals surface area contributed by atoms with E-state index in [1.165, 1.54) is 0 Å². The Balaban J connectivity index is 2.28. The maximum Gasteiger partial charge on any atom is 0.242 e. The number of anilines is 1. The predicted octanol–water partition coefficient (Wildman–Crippen LogP) is 2.22. The summed E-state index contributed by atoms with van der Waals surface area (Å²) in [6.45, 7) is 2.62. The van der Waals surface area contributed by atoms with E-state index < -0.39 is 6.10 Å². The number of nitrogens with zero attached hydrogens (tertiary/aromatic N) is 1. The largest absolute Gasteiger partial charge is 0.389 e. The van der Waals surface area contributed by atoms with Crippen LogP contribution in [0.4, 0.5) is 5.69 Å². The SMILES string of the molecule is CNC(=O)C1CCCN1c1ccc(C(C)O)cc1Br. The number of amides is 1. The first-order valence-corrected chi connectivity index (χ1v) is 7.29. The van der Waals surface area contributed by atoms with E-state index in [2.05, 4.69) is 26.1 Å². The fourth-order valence-corrected chi connectivity index (χ4v) is 3.13. The van der Waals surface area contributed by atoms with Crippen LogP contribution in [0.15, 0.2) is 22.7 Å². The first kappa shape index (κ1) is 14.3. The van der Waals surface area contributed by atoms with Gasteiger partial charge in [0.1, 0.15) is 6.04 Å². The van der Waals surface area contributed by atoms with Crippen LogP contribution in [-0.2, 0) is 4.79 Å². The topological polar surface area (TPSA) is 52.6 Å². The van der Waals surface area contributed by atoms with Gasteiger partial charge in [0, 0.05) is 18.1 Å². The number of rotatable bonds is 3. The molecule has 5 heteroatoms. The minimum absolute atomic E-state index is 0.0593. The summed E-state index contributed by atoms with van der Waals surface area (Å²) in [5.41, 5.74) is 1.88. The van der Waals surface area contributed by atoms with E-state index in [1.807, 2.05) is 18.2 Å². The molecule has 104 valence electrons. The second-order valence-electron chi connectivity index (χ2n) is 4.85. The molecule has 0 aromatic heterocycles. The maximum atomic E-state index is 11.9. The van der Waals surface area contributed by atoms with Crippen molar-refractivity contribution in [2.45, 2.75) is 31.9 Å². The highest BCUT2D eigenvalue weighted by molar-refractivity contribution is 9.10. The summed E-state index contributed by atoms with van der Waals surface area (Å²) in [5.74, 6) is 0.0593. The standard InChI is InChI=1S/C14H19BrN2O2/c1-9(18)10-5-6-12(11(15)8-10)17-7-3-4-13(17)14(19)16-2/h5-6,8-9,13,18H,3-4,7H2,1-2H3,(H,16,19). The van der Waals surface area contributed by atoms with Crippen LogP contribution in [-0.4, -0.2) is 30.6 Å².